The Morgan fingerprint density at radius 1 is 1.08 bits per heavy atom. The Hall–Kier alpha value is -2.73. The van der Waals surface area contributed by atoms with Crippen molar-refractivity contribution in [1.29, 1.82) is 0 Å². The van der Waals surface area contributed by atoms with Crippen molar-refractivity contribution >= 4 is 40.5 Å². The number of hydrogen-bond donors (Lipinski definition) is 3. The van der Waals surface area contributed by atoms with Crippen LogP contribution in [0.15, 0.2) is 48.5 Å². The fourth-order valence-corrected chi connectivity index (χ4v) is 2.76. The van der Waals surface area contributed by atoms with Gasteiger partial charge in [0.1, 0.15) is 0 Å². The molecule has 2 aromatic rings. The van der Waals surface area contributed by atoms with Crippen molar-refractivity contribution in [3.63, 3.8) is 0 Å². The Morgan fingerprint density at radius 3 is 2.50 bits per heavy atom. The van der Waals surface area contributed by atoms with Crippen LogP contribution in [0.4, 0.5) is 11.4 Å². The number of thiocarbonyl (C=S) groups is 1. The molecule has 2 amide bonds. The van der Waals surface area contributed by atoms with Crippen molar-refractivity contribution < 1.29 is 9.59 Å². The smallest absolute Gasteiger partial charge is 0.230 e. The molecule has 0 unspecified atom stereocenters. The van der Waals surface area contributed by atoms with Crippen LogP contribution in [0.2, 0.25) is 0 Å². The Bertz CT molecular complexity index is 832. The summed E-state index contributed by atoms with van der Waals surface area (Å²) < 4.78 is 0. The summed E-state index contributed by atoms with van der Waals surface area (Å²) in [4.78, 5) is 24.0. The van der Waals surface area contributed by atoms with Gasteiger partial charge >= 0.3 is 0 Å². The first kappa shape index (κ1) is 18.1. The molecule has 26 heavy (non-hydrogen) atoms. The third-order valence-corrected chi connectivity index (χ3v) is 4.37. The minimum absolute atomic E-state index is 0.0593. The Morgan fingerprint density at radius 2 is 1.81 bits per heavy atom. The number of carbonyl (C=O) groups excluding carboxylic acids is 2. The predicted molar refractivity (Wildman–Crippen MR) is 107 cm³/mol. The molecule has 1 aliphatic rings. The summed E-state index contributed by atoms with van der Waals surface area (Å²) in [6, 6.07) is 15.1. The summed E-state index contributed by atoms with van der Waals surface area (Å²) in [6.07, 6.45) is 2.18. The van der Waals surface area contributed by atoms with Crippen LogP contribution in [-0.4, -0.2) is 16.9 Å². The monoisotopic (exact) mass is 367 g/mol. The van der Waals surface area contributed by atoms with E-state index in [0.29, 0.717) is 5.69 Å². The quantitative estimate of drug-likeness (QED) is 0.709. The predicted octanol–water partition coefficient (Wildman–Crippen LogP) is 3.40. The molecule has 3 N–H and O–H groups in total. The second kappa shape index (κ2) is 8.10. The van der Waals surface area contributed by atoms with E-state index in [4.69, 9.17) is 12.2 Å². The molecule has 0 aromatic heterocycles. The van der Waals surface area contributed by atoms with Crippen molar-refractivity contribution in [2.45, 2.75) is 26.2 Å². The third-order valence-electron chi connectivity index (χ3n) is 4.16. The first-order valence-corrected chi connectivity index (χ1v) is 8.98. The van der Waals surface area contributed by atoms with E-state index >= 15 is 0 Å². The van der Waals surface area contributed by atoms with Crippen molar-refractivity contribution in [1.82, 2.24) is 5.32 Å². The van der Waals surface area contributed by atoms with Crippen LogP contribution in [0, 0.1) is 12.8 Å². The number of nitrogens with one attached hydrogen (secondary N) is 3. The highest BCUT2D eigenvalue weighted by Crippen LogP contribution is 2.31. The van der Waals surface area contributed by atoms with Crippen LogP contribution in [-0.2, 0) is 16.0 Å². The van der Waals surface area contributed by atoms with Gasteiger partial charge in [-0.3, -0.25) is 9.59 Å². The first-order chi connectivity index (χ1) is 12.5. The largest absolute Gasteiger partial charge is 0.332 e. The highest BCUT2D eigenvalue weighted by Gasteiger charge is 2.29. The average molecular weight is 367 g/mol. The van der Waals surface area contributed by atoms with E-state index in [9.17, 15) is 9.59 Å². The molecule has 0 bridgehead atoms. The molecular weight excluding hydrogens is 346 g/mol. The maximum atomic E-state index is 12.1. The lowest BCUT2D eigenvalue weighted by atomic mass is 10.1. The molecule has 1 aliphatic carbocycles. The van der Waals surface area contributed by atoms with Gasteiger partial charge in [0.05, 0.1) is 6.42 Å². The van der Waals surface area contributed by atoms with Gasteiger partial charge in [0.15, 0.2) is 5.11 Å². The van der Waals surface area contributed by atoms with Gasteiger partial charge in [0.25, 0.3) is 0 Å². The minimum atomic E-state index is -0.178. The SMILES string of the molecule is Cc1ccc(NC(=S)NC(=O)Cc2ccccc2)cc1NC(=O)C1CC1. The number of amides is 2. The van der Waals surface area contributed by atoms with E-state index < -0.39 is 0 Å². The van der Waals surface area contributed by atoms with Crippen molar-refractivity contribution in [2.75, 3.05) is 10.6 Å². The third kappa shape index (κ3) is 5.13. The number of hydrogen-bond acceptors (Lipinski definition) is 3. The van der Waals surface area contributed by atoms with E-state index in [1.807, 2.05) is 55.5 Å². The zero-order valence-corrected chi connectivity index (χ0v) is 15.4. The molecular formula is C20H21N3O2S. The van der Waals surface area contributed by atoms with Crippen LogP contribution in [0.3, 0.4) is 0 Å². The lowest BCUT2D eigenvalue weighted by molar-refractivity contribution is -0.119. The van der Waals surface area contributed by atoms with Gasteiger partial charge in [0, 0.05) is 17.3 Å². The van der Waals surface area contributed by atoms with Crippen LogP contribution in [0.25, 0.3) is 0 Å². The van der Waals surface area contributed by atoms with Gasteiger partial charge in [-0.15, -0.1) is 0 Å². The molecule has 0 spiro atoms. The lowest BCUT2D eigenvalue weighted by Crippen LogP contribution is -2.35. The molecule has 3 rings (SSSR count). The highest BCUT2D eigenvalue weighted by molar-refractivity contribution is 7.80. The zero-order chi connectivity index (χ0) is 18.5. The lowest BCUT2D eigenvalue weighted by Gasteiger charge is -2.13. The van der Waals surface area contributed by atoms with E-state index in [1.54, 1.807) is 0 Å². The normalized spacial score (nSPS) is 13.0. The molecule has 0 radical (unpaired) electrons. The fraction of sp³-hybridized carbons (Fsp3) is 0.250. The molecule has 0 aliphatic heterocycles. The number of aryl methyl sites for hydroxylation is 1. The van der Waals surface area contributed by atoms with Gasteiger partial charge in [-0.25, -0.2) is 0 Å². The van der Waals surface area contributed by atoms with Crippen LogP contribution in [0.1, 0.15) is 24.0 Å². The minimum Gasteiger partial charge on any atom is -0.332 e. The van der Waals surface area contributed by atoms with Gasteiger partial charge < -0.3 is 16.0 Å². The second-order valence-corrected chi connectivity index (χ2v) is 6.87. The molecule has 6 heteroatoms. The van der Waals surface area contributed by atoms with Gasteiger partial charge in [-0.05, 0) is 55.2 Å². The molecule has 0 heterocycles. The Kier molecular flexibility index (Phi) is 5.63. The van der Waals surface area contributed by atoms with E-state index in [-0.39, 0.29) is 29.3 Å². The molecule has 1 fully saturated rings. The summed E-state index contributed by atoms with van der Waals surface area (Å²) >= 11 is 5.21. The molecule has 134 valence electrons. The van der Waals surface area contributed by atoms with Crippen LogP contribution < -0.4 is 16.0 Å². The number of carbonyl (C=O) groups is 2. The van der Waals surface area contributed by atoms with Gasteiger partial charge in [-0.1, -0.05) is 36.4 Å². The fourth-order valence-electron chi connectivity index (χ4n) is 2.53. The Balaban J connectivity index is 1.56. The molecule has 2 aromatic carbocycles. The molecule has 0 saturated heterocycles. The summed E-state index contributed by atoms with van der Waals surface area (Å²) in [5.74, 6) is 0.0245. The molecule has 1 saturated carbocycles. The van der Waals surface area contributed by atoms with E-state index in [1.165, 1.54) is 0 Å². The van der Waals surface area contributed by atoms with Crippen molar-refractivity contribution in [3.8, 4) is 0 Å². The number of anilines is 2. The second-order valence-electron chi connectivity index (χ2n) is 6.46. The summed E-state index contributed by atoms with van der Waals surface area (Å²) in [6.45, 7) is 1.94. The topological polar surface area (TPSA) is 70.2 Å². The summed E-state index contributed by atoms with van der Waals surface area (Å²) in [7, 11) is 0. The van der Waals surface area contributed by atoms with Gasteiger partial charge in [0.2, 0.25) is 11.8 Å². The first-order valence-electron chi connectivity index (χ1n) is 8.57. The van der Waals surface area contributed by atoms with E-state index in [0.717, 1.165) is 29.7 Å². The van der Waals surface area contributed by atoms with Gasteiger partial charge in [-0.2, -0.15) is 0 Å². The van der Waals surface area contributed by atoms with Crippen LogP contribution in [0.5, 0.6) is 0 Å². The average Bonchev–Trinajstić information content (AvgIpc) is 3.43. The van der Waals surface area contributed by atoms with Crippen molar-refractivity contribution in [2.24, 2.45) is 5.92 Å². The molecule has 5 nitrogen and oxygen atoms in total. The van der Waals surface area contributed by atoms with E-state index in [2.05, 4.69) is 16.0 Å². The van der Waals surface area contributed by atoms with Crippen LogP contribution >= 0.6 is 12.2 Å². The zero-order valence-electron chi connectivity index (χ0n) is 14.5. The summed E-state index contributed by atoms with van der Waals surface area (Å²) in [5.41, 5.74) is 3.37. The number of rotatable bonds is 5. The number of benzene rings is 2. The molecule has 0 atom stereocenters. The highest BCUT2D eigenvalue weighted by atomic mass is 32.1. The Labute approximate surface area is 158 Å². The standard InChI is InChI=1S/C20H21N3O2S/c1-13-7-10-16(12-17(13)22-19(25)15-8-9-15)21-20(26)23-18(24)11-14-5-3-2-4-6-14/h2-7,10,12,15H,8-9,11H2,1H3,(H,22,25)(H2,21,23,24,26). The van der Waals surface area contributed by atoms with Crippen molar-refractivity contribution in [3.05, 3.63) is 59.7 Å². The maximum absolute atomic E-state index is 12.1. The maximum Gasteiger partial charge on any atom is 0.230 e. The summed E-state index contributed by atoms with van der Waals surface area (Å²) in [5, 5.41) is 8.85.